The number of nitrogens with two attached hydrogens (primary N) is 1. The van der Waals surface area contributed by atoms with Crippen LogP contribution in [0.5, 0.6) is 0 Å². The Hall–Kier alpha value is -3.05. The Bertz CT molecular complexity index is 1230. The van der Waals surface area contributed by atoms with Crippen LogP contribution in [0.2, 0.25) is 0 Å². The van der Waals surface area contributed by atoms with E-state index < -0.39 is 16.7 Å². The number of fused-ring (bicyclic) bond motifs is 1. The number of nitro groups is 1. The first-order valence-electron chi connectivity index (χ1n) is 12.1. The van der Waals surface area contributed by atoms with Crippen molar-refractivity contribution in [3.63, 3.8) is 0 Å². The third kappa shape index (κ3) is 5.36. The molecular weight excluding hydrogens is 498 g/mol. The lowest BCUT2D eigenvalue weighted by molar-refractivity contribution is -0.384. The van der Waals surface area contributed by atoms with E-state index in [1.54, 1.807) is 12.1 Å². The number of nitrogens with zero attached hydrogens (tertiary/aromatic N) is 2. The van der Waals surface area contributed by atoms with Gasteiger partial charge in [-0.3, -0.25) is 25.0 Å². The van der Waals surface area contributed by atoms with Crippen LogP contribution in [0, 0.1) is 21.4 Å². The number of carbonyl (C=O) groups excluding carboxylic acids is 2. The highest BCUT2D eigenvalue weighted by Gasteiger charge is 2.33. The Morgan fingerprint density at radius 2 is 1.94 bits per heavy atom. The molecule has 2 heterocycles. The minimum absolute atomic E-state index is 0.000240. The zero-order valence-electron chi connectivity index (χ0n) is 20.7. The van der Waals surface area contributed by atoms with E-state index in [9.17, 15) is 19.7 Å². The topological polar surface area (TPSA) is 131 Å². The number of thiophene rings is 1. The number of rotatable bonds is 5. The van der Waals surface area contributed by atoms with E-state index in [4.69, 9.17) is 18.0 Å². The van der Waals surface area contributed by atoms with Gasteiger partial charge in [0.1, 0.15) is 10.7 Å². The Morgan fingerprint density at radius 1 is 1.25 bits per heavy atom. The molecule has 0 saturated carbocycles. The standard InChI is InChI=1S/C25H31N5O4S2/c1-25(2,3)15-7-8-16-19(13-15)36-23(20(16)21(26)31)28-24(35)27-22(32)14-6-9-17(18(12-14)30(33)34)29-10-4-5-11-29/h6,9,12,15H,4-5,7-8,10-11,13H2,1-3H3,(H2,26,31)(H2,27,28,32,35)/t15-/m0/s1. The molecule has 1 aromatic heterocycles. The zero-order chi connectivity index (χ0) is 26.2. The van der Waals surface area contributed by atoms with Crippen LogP contribution < -0.4 is 21.3 Å². The van der Waals surface area contributed by atoms with Gasteiger partial charge in [-0.1, -0.05) is 20.8 Å². The maximum Gasteiger partial charge on any atom is 0.293 e. The summed E-state index contributed by atoms with van der Waals surface area (Å²) in [5.41, 5.74) is 7.77. The third-order valence-corrected chi connectivity index (χ3v) is 8.45. The normalized spacial score (nSPS) is 17.4. The maximum absolute atomic E-state index is 12.9. The number of hydrogen-bond acceptors (Lipinski definition) is 7. The van der Waals surface area contributed by atoms with Crippen LogP contribution in [-0.4, -0.2) is 34.9 Å². The summed E-state index contributed by atoms with van der Waals surface area (Å²) in [5.74, 6) is -0.618. The number of anilines is 2. The van der Waals surface area contributed by atoms with Crippen molar-refractivity contribution in [2.75, 3.05) is 23.3 Å². The van der Waals surface area contributed by atoms with Crippen molar-refractivity contribution in [3.8, 4) is 0 Å². The van der Waals surface area contributed by atoms with Crippen LogP contribution in [0.25, 0.3) is 0 Å². The van der Waals surface area contributed by atoms with Gasteiger partial charge in [-0.15, -0.1) is 11.3 Å². The number of benzene rings is 1. The monoisotopic (exact) mass is 529 g/mol. The molecule has 0 radical (unpaired) electrons. The summed E-state index contributed by atoms with van der Waals surface area (Å²) in [6.45, 7) is 8.17. The smallest absolute Gasteiger partial charge is 0.293 e. The fraction of sp³-hybridized carbons (Fsp3) is 0.480. The number of hydrogen-bond donors (Lipinski definition) is 3. The van der Waals surface area contributed by atoms with Crippen LogP contribution in [0.1, 0.15) is 71.2 Å². The van der Waals surface area contributed by atoms with Gasteiger partial charge in [-0.25, -0.2) is 0 Å². The fourth-order valence-corrected chi connectivity index (χ4v) is 6.62. The predicted octanol–water partition coefficient (Wildman–Crippen LogP) is 4.63. The Balaban J connectivity index is 1.50. The van der Waals surface area contributed by atoms with Crippen LogP contribution in [0.15, 0.2) is 18.2 Å². The maximum atomic E-state index is 12.9. The second-order valence-corrected chi connectivity index (χ2v) is 12.0. The molecule has 0 unspecified atom stereocenters. The number of amides is 2. The molecule has 2 aromatic rings. The lowest BCUT2D eigenvalue weighted by atomic mass is 9.72. The Kier molecular flexibility index (Phi) is 7.33. The van der Waals surface area contributed by atoms with Crippen molar-refractivity contribution >= 4 is 56.9 Å². The van der Waals surface area contributed by atoms with E-state index in [-0.39, 0.29) is 21.8 Å². The summed E-state index contributed by atoms with van der Waals surface area (Å²) in [6, 6.07) is 4.44. The molecule has 4 rings (SSSR count). The number of carbonyl (C=O) groups is 2. The lowest BCUT2D eigenvalue weighted by Crippen LogP contribution is -2.34. The van der Waals surface area contributed by atoms with Gasteiger partial charge in [0.25, 0.3) is 17.5 Å². The van der Waals surface area contributed by atoms with Gasteiger partial charge in [-0.2, -0.15) is 0 Å². The zero-order valence-corrected chi connectivity index (χ0v) is 22.3. The number of thiocarbonyl (C=S) groups is 1. The quantitative estimate of drug-likeness (QED) is 0.292. The van der Waals surface area contributed by atoms with E-state index in [2.05, 4.69) is 31.4 Å². The highest BCUT2D eigenvalue weighted by atomic mass is 32.1. The van der Waals surface area contributed by atoms with E-state index in [0.29, 0.717) is 22.2 Å². The number of nitro benzene ring substituents is 1. The predicted molar refractivity (Wildman–Crippen MR) is 146 cm³/mol. The highest BCUT2D eigenvalue weighted by Crippen LogP contribution is 2.44. The molecule has 1 aromatic carbocycles. The Labute approximate surface area is 219 Å². The molecule has 1 atom stereocenters. The molecule has 9 nitrogen and oxygen atoms in total. The number of nitrogens with one attached hydrogen (secondary N) is 2. The molecule has 1 aliphatic heterocycles. The molecule has 1 saturated heterocycles. The summed E-state index contributed by atoms with van der Waals surface area (Å²) in [5, 5.41) is 17.7. The van der Waals surface area contributed by atoms with E-state index >= 15 is 0 Å². The highest BCUT2D eigenvalue weighted by molar-refractivity contribution is 7.80. The van der Waals surface area contributed by atoms with Crippen molar-refractivity contribution in [2.45, 2.75) is 52.9 Å². The molecular formula is C25H31N5O4S2. The van der Waals surface area contributed by atoms with Crippen molar-refractivity contribution in [2.24, 2.45) is 17.1 Å². The Morgan fingerprint density at radius 3 is 2.56 bits per heavy atom. The van der Waals surface area contributed by atoms with Gasteiger partial charge in [0.15, 0.2) is 5.11 Å². The molecule has 1 aliphatic carbocycles. The molecule has 1 fully saturated rings. The van der Waals surface area contributed by atoms with Crippen molar-refractivity contribution < 1.29 is 14.5 Å². The summed E-state index contributed by atoms with van der Waals surface area (Å²) in [6.07, 6.45) is 4.56. The first-order valence-corrected chi connectivity index (χ1v) is 13.3. The molecule has 4 N–H and O–H groups in total. The minimum Gasteiger partial charge on any atom is -0.366 e. The van der Waals surface area contributed by atoms with Gasteiger partial charge in [0.05, 0.1) is 10.5 Å². The first kappa shape index (κ1) is 26.0. The van der Waals surface area contributed by atoms with Gasteiger partial charge >= 0.3 is 0 Å². The van der Waals surface area contributed by atoms with Crippen LogP contribution in [-0.2, 0) is 12.8 Å². The minimum atomic E-state index is -0.571. The molecule has 36 heavy (non-hydrogen) atoms. The van der Waals surface area contributed by atoms with Crippen LogP contribution in [0.4, 0.5) is 16.4 Å². The molecule has 11 heteroatoms. The summed E-state index contributed by atoms with van der Waals surface area (Å²) in [4.78, 5) is 39.4. The van der Waals surface area contributed by atoms with Crippen molar-refractivity contribution in [3.05, 3.63) is 49.9 Å². The molecule has 0 spiro atoms. The second kappa shape index (κ2) is 10.1. The van der Waals surface area contributed by atoms with Gasteiger partial charge in [0, 0.05) is 29.6 Å². The van der Waals surface area contributed by atoms with Crippen molar-refractivity contribution in [1.82, 2.24) is 5.32 Å². The average Bonchev–Trinajstić information content (AvgIpc) is 3.45. The summed E-state index contributed by atoms with van der Waals surface area (Å²) < 4.78 is 0. The molecule has 2 aliphatic rings. The first-order chi connectivity index (χ1) is 17.0. The van der Waals surface area contributed by atoms with Gasteiger partial charge < -0.3 is 16.0 Å². The summed E-state index contributed by atoms with van der Waals surface area (Å²) in [7, 11) is 0. The van der Waals surface area contributed by atoms with Crippen LogP contribution in [0.3, 0.4) is 0 Å². The van der Waals surface area contributed by atoms with E-state index in [0.717, 1.165) is 55.6 Å². The van der Waals surface area contributed by atoms with E-state index in [1.807, 2.05) is 4.90 Å². The van der Waals surface area contributed by atoms with Gasteiger partial charge in [0.2, 0.25) is 0 Å². The van der Waals surface area contributed by atoms with Gasteiger partial charge in [-0.05, 0) is 73.4 Å². The third-order valence-electron chi connectivity index (χ3n) is 7.07. The lowest BCUT2D eigenvalue weighted by Gasteiger charge is -2.33. The fourth-order valence-electron chi connectivity index (χ4n) is 5.02. The van der Waals surface area contributed by atoms with E-state index in [1.165, 1.54) is 17.4 Å². The SMILES string of the molecule is CC(C)(C)[C@H]1CCc2c(sc(NC(=S)NC(=O)c3ccc(N4CCCC4)c([N+](=O)[O-])c3)c2C(N)=O)C1. The summed E-state index contributed by atoms with van der Waals surface area (Å²) >= 11 is 6.79. The average molecular weight is 530 g/mol. The molecule has 0 bridgehead atoms. The second-order valence-electron chi connectivity index (χ2n) is 10.4. The largest absolute Gasteiger partial charge is 0.366 e. The molecule has 192 valence electrons. The van der Waals surface area contributed by atoms with Crippen LogP contribution >= 0.6 is 23.6 Å². The van der Waals surface area contributed by atoms with Crippen molar-refractivity contribution in [1.29, 1.82) is 0 Å². The molecule has 2 amide bonds. The number of primary amides is 1.